The Hall–Kier alpha value is -1.31. The first kappa shape index (κ1) is 16.1. The summed E-state index contributed by atoms with van der Waals surface area (Å²) in [6, 6.07) is 6.40. The van der Waals surface area contributed by atoms with Crippen molar-refractivity contribution in [1.29, 1.82) is 0 Å². The van der Waals surface area contributed by atoms with Crippen molar-refractivity contribution in [1.82, 2.24) is 5.32 Å². The lowest BCUT2D eigenvalue weighted by molar-refractivity contribution is 0.818. The highest BCUT2D eigenvalue weighted by Gasteiger charge is 2.14. The van der Waals surface area contributed by atoms with E-state index in [4.69, 9.17) is 11.6 Å². The van der Waals surface area contributed by atoms with Gasteiger partial charge in [0.2, 0.25) is 0 Å². The lowest BCUT2D eigenvalue weighted by Crippen LogP contribution is -2.05. The maximum absolute atomic E-state index is 6.43. The molecule has 0 bridgehead atoms. The first-order valence-electron chi connectivity index (χ1n) is 7.38. The van der Waals surface area contributed by atoms with Crippen LogP contribution in [0.15, 0.2) is 18.2 Å². The molecule has 0 heterocycles. The van der Waals surface area contributed by atoms with Gasteiger partial charge in [-0.05, 0) is 92.2 Å². The van der Waals surface area contributed by atoms with E-state index in [-0.39, 0.29) is 0 Å². The lowest BCUT2D eigenvalue weighted by atomic mass is 9.86. The van der Waals surface area contributed by atoms with E-state index in [2.05, 4.69) is 58.1 Å². The van der Waals surface area contributed by atoms with Gasteiger partial charge < -0.3 is 5.32 Å². The topological polar surface area (TPSA) is 12.0 Å². The van der Waals surface area contributed by atoms with Crippen molar-refractivity contribution >= 4 is 11.6 Å². The first-order chi connectivity index (χ1) is 9.88. The van der Waals surface area contributed by atoms with Gasteiger partial charge in [-0.3, -0.25) is 0 Å². The Balaban J connectivity index is 2.65. The second kappa shape index (κ2) is 6.21. The Morgan fingerprint density at radius 1 is 0.857 bits per heavy atom. The molecule has 0 saturated heterocycles. The molecule has 1 N–H and O–H groups in total. The maximum atomic E-state index is 6.43. The third-order valence-corrected chi connectivity index (χ3v) is 5.06. The molecule has 0 amide bonds. The van der Waals surface area contributed by atoms with Gasteiger partial charge in [0.15, 0.2) is 0 Å². The fourth-order valence-electron chi connectivity index (χ4n) is 2.97. The average Bonchev–Trinajstić information content (AvgIpc) is 2.46. The molecule has 0 radical (unpaired) electrons. The molecular weight excluding hydrogens is 278 g/mol. The highest BCUT2D eigenvalue weighted by Crippen LogP contribution is 2.35. The standard InChI is InChI=1S/C19H24ClN/c1-11-12(2)14(4)19(15(5)13(11)3)16-7-8-17(10-21-6)18(20)9-16/h7-9,21H,10H2,1-6H3. The van der Waals surface area contributed by atoms with Gasteiger partial charge >= 0.3 is 0 Å². The fourth-order valence-corrected chi connectivity index (χ4v) is 3.22. The van der Waals surface area contributed by atoms with Gasteiger partial charge in [-0.25, -0.2) is 0 Å². The van der Waals surface area contributed by atoms with E-state index in [0.717, 1.165) is 17.1 Å². The van der Waals surface area contributed by atoms with E-state index in [1.165, 1.54) is 38.9 Å². The zero-order chi connectivity index (χ0) is 15.7. The molecule has 2 rings (SSSR count). The van der Waals surface area contributed by atoms with Gasteiger partial charge in [0.05, 0.1) is 0 Å². The number of halogens is 1. The Bertz CT molecular complexity index is 657. The molecule has 0 spiro atoms. The normalized spacial score (nSPS) is 11.0. The summed E-state index contributed by atoms with van der Waals surface area (Å²) < 4.78 is 0. The number of rotatable bonds is 3. The Morgan fingerprint density at radius 2 is 1.38 bits per heavy atom. The molecule has 0 saturated carbocycles. The van der Waals surface area contributed by atoms with Crippen molar-refractivity contribution in [2.75, 3.05) is 7.05 Å². The molecule has 0 aliphatic heterocycles. The van der Waals surface area contributed by atoms with Crippen LogP contribution < -0.4 is 5.32 Å². The third-order valence-electron chi connectivity index (χ3n) is 4.71. The molecule has 0 aliphatic rings. The summed E-state index contributed by atoms with van der Waals surface area (Å²) in [5.41, 5.74) is 10.5. The van der Waals surface area contributed by atoms with Crippen LogP contribution in [0.4, 0.5) is 0 Å². The Morgan fingerprint density at radius 3 is 1.86 bits per heavy atom. The second-order valence-electron chi connectivity index (χ2n) is 5.84. The van der Waals surface area contributed by atoms with E-state index < -0.39 is 0 Å². The minimum atomic E-state index is 0.795. The van der Waals surface area contributed by atoms with Crippen LogP contribution in [0.2, 0.25) is 5.02 Å². The molecule has 21 heavy (non-hydrogen) atoms. The van der Waals surface area contributed by atoms with Crippen LogP contribution in [0.25, 0.3) is 11.1 Å². The van der Waals surface area contributed by atoms with Crippen LogP contribution in [0.5, 0.6) is 0 Å². The third kappa shape index (κ3) is 2.86. The summed E-state index contributed by atoms with van der Waals surface area (Å²) in [6.45, 7) is 11.8. The van der Waals surface area contributed by atoms with E-state index >= 15 is 0 Å². The van der Waals surface area contributed by atoms with E-state index in [9.17, 15) is 0 Å². The second-order valence-corrected chi connectivity index (χ2v) is 6.24. The molecule has 2 aromatic rings. The van der Waals surface area contributed by atoms with Crippen molar-refractivity contribution < 1.29 is 0 Å². The number of hydrogen-bond acceptors (Lipinski definition) is 1. The van der Waals surface area contributed by atoms with E-state index in [0.29, 0.717) is 0 Å². The van der Waals surface area contributed by atoms with Crippen LogP contribution in [-0.2, 0) is 6.54 Å². The minimum absolute atomic E-state index is 0.795. The molecule has 0 aromatic heterocycles. The smallest absolute Gasteiger partial charge is 0.0457 e. The highest BCUT2D eigenvalue weighted by atomic mass is 35.5. The van der Waals surface area contributed by atoms with Gasteiger partial charge in [0, 0.05) is 11.6 Å². The van der Waals surface area contributed by atoms with Crippen LogP contribution in [0.1, 0.15) is 33.4 Å². The van der Waals surface area contributed by atoms with E-state index in [1.54, 1.807) is 0 Å². The lowest BCUT2D eigenvalue weighted by Gasteiger charge is -2.19. The van der Waals surface area contributed by atoms with Crippen LogP contribution in [0, 0.1) is 34.6 Å². The van der Waals surface area contributed by atoms with Crippen LogP contribution >= 0.6 is 11.6 Å². The first-order valence-corrected chi connectivity index (χ1v) is 7.76. The van der Waals surface area contributed by atoms with Crippen molar-refractivity contribution in [2.45, 2.75) is 41.2 Å². The quantitative estimate of drug-likeness (QED) is 0.814. The monoisotopic (exact) mass is 301 g/mol. The predicted octanol–water partition coefficient (Wildman–Crippen LogP) is 5.27. The van der Waals surface area contributed by atoms with Gasteiger partial charge in [0.1, 0.15) is 0 Å². The molecule has 0 unspecified atom stereocenters. The van der Waals surface area contributed by atoms with Gasteiger partial charge in [-0.1, -0.05) is 23.7 Å². The highest BCUT2D eigenvalue weighted by molar-refractivity contribution is 6.31. The molecule has 0 fully saturated rings. The van der Waals surface area contributed by atoms with Gasteiger partial charge in [-0.2, -0.15) is 0 Å². The van der Waals surface area contributed by atoms with E-state index in [1.807, 2.05) is 7.05 Å². The van der Waals surface area contributed by atoms with Crippen LogP contribution in [0.3, 0.4) is 0 Å². The van der Waals surface area contributed by atoms with Crippen molar-refractivity contribution in [3.8, 4) is 11.1 Å². The van der Waals surface area contributed by atoms with Crippen molar-refractivity contribution in [2.24, 2.45) is 0 Å². The van der Waals surface area contributed by atoms with Gasteiger partial charge in [-0.15, -0.1) is 0 Å². The number of hydrogen-bond donors (Lipinski definition) is 1. The summed E-state index contributed by atoms with van der Waals surface area (Å²) in [4.78, 5) is 0. The zero-order valence-corrected chi connectivity index (χ0v) is 14.6. The summed E-state index contributed by atoms with van der Waals surface area (Å²) in [7, 11) is 1.94. The van der Waals surface area contributed by atoms with Crippen molar-refractivity contribution in [3.63, 3.8) is 0 Å². The summed E-state index contributed by atoms with van der Waals surface area (Å²) in [5.74, 6) is 0. The summed E-state index contributed by atoms with van der Waals surface area (Å²) >= 11 is 6.43. The number of benzene rings is 2. The zero-order valence-electron chi connectivity index (χ0n) is 13.8. The Labute approximate surface area is 133 Å². The molecule has 0 atom stereocenters. The number of nitrogens with one attached hydrogen (secondary N) is 1. The summed E-state index contributed by atoms with van der Waals surface area (Å²) in [6.07, 6.45) is 0. The molecular formula is C19H24ClN. The molecule has 2 heteroatoms. The largest absolute Gasteiger partial charge is 0.316 e. The average molecular weight is 302 g/mol. The fraction of sp³-hybridized carbons (Fsp3) is 0.368. The molecule has 2 aromatic carbocycles. The van der Waals surface area contributed by atoms with Crippen molar-refractivity contribution in [3.05, 3.63) is 56.6 Å². The van der Waals surface area contributed by atoms with Crippen LogP contribution in [-0.4, -0.2) is 7.05 Å². The SMILES string of the molecule is CNCc1ccc(-c2c(C)c(C)c(C)c(C)c2C)cc1Cl. The van der Waals surface area contributed by atoms with Gasteiger partial charge in [0.25, 0.3) is 0 Å². The minimum Gasteiger partial charge on any atom is -0.316 e. The predicted molar refractivity (Wildman–Crippen MR) is 93.3 cm³/mol. The summed E-state index contributed by atoms with van der Waals surface area (Å²) in [5, 5.41) is 3.98. The molecule has 0 aliphatic carbocycles. The molecule has 112 valence electrons. The maximum Gasteiger partial charge on any atom is 0.0457 e. The molecule has 1 nitrogen and oxygen atoms in total. The Kier molecular flexibility index (Phi) is 4.75.